The van der Waals surface area contributed by atoms with Gasteiger partial charge in [0, 0.05) is 12.3 Å². The summed E-state index contributed by atoms with van der Waals surface area (Å²) in [5, 5.41) is 0. The van der Waals surface area contributed by atoms with Gasteiger partial charge in [-0.05, 0) is 36.5 Å². The number of carbonyl (C=O) groups excluding carboxylic acids is 1. The molecule has 1 fully saturated rings. The minimum absolute atomic E-state index is 0.0855. The van der Waals surface area contributed by atoms with Crippen LogP contribution in [-0.4, -0.2) is 5.78 Å². The molecule has 0 aromatic heterocycles. The smallest absolute Gasteiger partial charge is 0.299 e. The van der Waals surface area contributed by atoms with Crippen LogP contribution >= 0.6 is 0 Å². The van der Waals surface area contributed by atoms with Gasteiger partial charge in [-0.3, -0.25) is 4.79 Å². The molecule has 1 aliphatic carbocycles. The topological polar surface area (TPSA) is 17.1 Å². The number of hydrogen-bond donors (Lipinski definition) is 0. The van der Waals surface area contributed by atoms with E-state index in [2.05, 4.69) is 6.92 Å². The van der Waals surface area contributed by atoms with Crippen LogP contribution in [0, 0.1) is 11.8 Å². The van der Waals surface area contributed by atoms with Crippen LogP contribution < -0.4 is 0 Å². The highest BCUT2D eigenvalue weighted by Gasteiger charge is 2.31. The Bertz CT molecular complexity index is 447. The van der Waals surface area contributed by atoms with E-state index < -0.39 is 11.7 Å². The maximum absolute atomic E-state index is 12.4. The van der Waals surface area contributed by atoms with Crippen molar-refractivity contribution in [3.8, 4) is 0 Å². The number of alkyl halides is 3. The maximum atomic E-state index is 12.4. The summed E-state index contributed by atoms with van der Waals surface area (Å²) in [5.41, 5.74) is -0.00460. The van der Waals surface area contributed by atoms with Crippen molar-refractivity contribution in [2.24, 2.45) is 11.8 Å². The van der Waals surface area contributed by atoms with Gasteiger partial charge in [0.25, 0.3) is 0 Å². The maximum Gasteiger partial charge on any atom is 0.416 e. The molecule has 0 N–H and O–H groups in total. The number of halogens is 3. The molecule has 1 nitrogen and oxygen atoms in total. The molecule has 1 aliphatic rings. The van der Waals surface area contributed by atoms with E-state index in [-0.39, 0.29) is 18.1 Å². The summed E-state index contributed by atoms with van der Waals surface area (Å²) >= 11 is 0. The zero-order chi connectivity index (χ0) is 14.0. The monoisotopic (exact) mass is 270 g/mol. The van der Waals surface area contributed by atoms with Crippen molar-refractivity contribution in [3.63, 3.8) is 0 Å². The second-order valence-corrected chi connectivity index (χ2v) is 5.35. The molecule has 19 heavy (non-hydrogen) atoms. The Morgan fingerprint density at radius 1 is 1.21 bits per heavy atom. The standard InChI is InChI=1S/C15H17F3O/c1-10-3-2-4-13(10)14(19)9-11-5-7-12(8-6-11)15(16,17)18/h5-8,10,13H,2-4,9H2,1H3. The minimum atomic E-state index is -4.32. The predicted octanol–water partition coefficient (Wildman–Crippen LogP) is 4.25. The fourth-order valence-corrected chi connectivity index (χ4v) is 2.77. The van der Waals surface area contributed by atoms with E-state index in [9.17, 15) is 18.0 Å². The van der Waals surface area contributed by atoms with Crippen molar-refractivity contribution in [2.75, 3.05) is 0 Å². The minimum Gasteiger partial charge on any atom is -0.299 e. The van der Waals surface area contributed by atoms with Crippen molar-refractivity contribution in [1.29, 1.82) is 0 Å². The summed E-state index contributed by atoms with van der Waals surface area (Å²) < 4.78 is 37.2. The first-order valence-corrected chi connectivity index (χ1v) is 6.57. The number of ketones is 1. The molecular formula is C15H17F3O. The third-order valence-corrected chi connectivity index (χ3v) is 3.93. The highest BCUT2D eigenvalue weighted by atomic mass is 19.4. The van der Waals surface area contributed by atoms with Gasteiger partial charge in [0.1, 0.15) is 5.78 Å². The Morgan fingerprint density at radius 2 is 1.84 bits per heavy atom. The summed E-state index contributed by atoms with van der Waals surface area (Å²) in [7, 11) is 0. The molecule has 1 aromatic carbocycles. The predicted molar refractivity (Wildman–Crippen MR) is 66.7 cm³/mol. The Kier molecular flexibility index (Phi) is 3.97. The van der Waals surface area contributed by atoms with Crippen molar-refractivity contribution >= 4 is 5.78 Å². The second-order valence-electron chi connectivity index (χ2n) is 5.35. The van der Waals surface area contributed by atoms with Crippen LogP contribution in [-0.2, 0) is 17.4 Å². The molecule has 2 rings (SSSR count). The summed E-state index contributed by atoms with van der Waals surface area (Å²) in [6, 6.07) is 4.89. The average molecular weight is 270 g/mol. The first kappa shape index (κ1) is 14.1. The van der Waals surface area contributed by atoms with Crippen molar-refractivity contribution in [1.82, 2.24) is 0 Å². The zero-order valence-corrected chi connectivity index (χ0v) is 10.8. The molecule has 0 radical (unpaired) electrons. The van der Waals surface area contributed by atoms with Gasteiger partial charge in [-0.15, -0.1) is 0 Å². The van der Waals surface area contributed by atoms with Gasteiger partial charge in [-0.25, -0.2) is 0 Å². The lowest BCUT2D eigenvalue weighted by molar-refractivity contribution is -0.137. The van der Waals surface area contributed by atoms with E-state index in [1.165, 1.54) is 12.1 Å². The van der Waals surface area contributed by atoms with Crippen LogP contribution in [0.15, 0.2) is 24.3 Å². The lowest BCUT2D eigenvalue weighted by Crippen LogP contribution is -2.19. The molecule has 0 bridgehead atoms. The third kappa shape index (κ3) is 3.37. The van der Waals surface area contributed by atoms with Crippen molar-refractivity contribution in [3.05, 3.63) is 35.4 Å². The van der Waals surface area contributed by atoms with Gasteiger partial charge in [-0.2, -0.15) is 13.2 Å². The number of benzene rings is 1. The number of rotatable bonds is 3. The molecule has 0 spiro atoms. The molecule has 1 saturated carbocycles. The third-order valence-electron chi connectivity index (χ3n) is 3.93. The average Bonchev–Trinajstić information content (AvgIpc) is 2.75. The van der Waals surface area contributed by atoms with Gasteiger partial charge in [0.2, 0.25) is 0 Å². The Morgan fingerprint density at radius 3 is 2.32 bits per heavy atom. The molecular weight excluding hydrogens is 253 g/mol. The molecule has 0 aliphatic heterocycles. The fraction of sp³-hybridized carbons (Fsp3) is 0.533. The molecule has 0 saturated heterocycles. The SMILES string of the molecule is CC1CCCC1C(=O)Cc1ccc(C(F)(F)F)cc1. The molecule has 4 heteroatoms. The highest BCUT2D eigenvalue weighted by Crippen LogP contribution is 2.33. The summed E-state index contributed by atoms with van der Waals surface area (Å²) in [6.07, 6.45) is -1.01. The lowest BCUT2D eigenvalue weighted by atomic mass is 9.90. The normalized spacial score (nSPS) is 23.6. The summed E-state index contributed by atoms with van der Waals surface area (Å²) in [6.45, 7) is 2.07. The van der Waals surface area contributed by atoms with E-state index in [4.69, 9.17) is 0 Å². The number of carbonyl (C=O) groups is 1. The quantitative estimate of drug-likeness (QED) is 0.802. The largest absolute Gasteiger partial charge is 0.416 e. The first-order chi connectivity index (χ1) is 8.88. The van der Waals surface area contributed by atoms with Crippen LogP contribution in [0.5, 0.6) is 0 Å². The van der Waals surface area contributed by atoms with Crippen LogP contribution in [0.25, 0.3) is 0 Å². The van der Waals surface area contributed by atoms with Crippen molar-refractivity contribution < 1.29 is 18.0 Å². The zero-order valence-electron chi connectivity index (χ0n) is 10.8. The Balaban J connectivity index is 2.02. The van der Waals surface area contributed by atoms with Crippen molar-refractivity contribution in [2.45, 2.75) is 38.8 Å². The van der Waals surface area contributed by atoms with Gasteiger partial charge < -0.3 is 0 Å². The molecule has 1 aromatic rings. The fourth-order valence-electron chi connectivity index (χ4n) is 2.77. The van der Waals surface area contributed by atoms with E-state index in [0.29, 0.717) is 11.5 Å². The Labute approximate surface area is 110 Å². The summed E-state index contributed by atoms with van der Waals surface area (Å²) in [4.78, 5) is 12.1. The van der Waals surface area contributed by atoms with Crippen LogP contribution in [0.4, 0.5) is 13.2 Å². The van der Waals surface area contributed by atoms with Gasteiger partial charge >= 0.3 is 6.18 Å². The van der Waals surface area contributed by atoms with E-state index in [0.717, 1.165) is 31.4 Å². The van der Waals surface area contributed by atoms with Gasteiger partial charge in [0.05, 0.1) is 5.56 Å². The second kappa shape index (κ2) is 5.35. The number of hydrogen-bond acceptors (Lipinski definition) is 1. The van der Waals surface area contributed by atoms with Crippen LogP contribution in [0.3, 0.4) is 0 Å². The van der Waals surface area contributed by atoms with Crippen LogP contribution in [0.1, 0.15) is 37.3 Å². The first-order valence-electron chi connectivity index (χ1n) is 6.57. The molecule has 0 amide bonds. The lowest BCUT2D eigenvalue weighted by Gasteiger charge is -2.14. The molecule has 2 unspecified atom stereocenters. The van der Waals surface area contributed by atoms with Crippen LogP contribution in [0.2, 0.25) is 0 Å². The van der Waals surface area contributed by atoms with E-state index >= 15 is 0 Å². The van der Waals surface area contributed by atoms with Gasteiger partial charge in [0.15, 0.2) is 0 Å². The van der Waals surface area contributed by atoms with Gasteiger partial charge in [-0.1, -0.05) is 25.5 Å². The Hall–Kier alpha value is -1.32. The highest BCUT2D eigenvalue weighted by molar-refractivity contribution is 5.83. The van der Waals surface area contributed by atoms with E-state index in [1.54, 1.807) is 0 Å². The molecule has 0 heterocycles. The molecule has 2 atom stereocenters. The van der Waals surface area contributed by atoms with E-state index in [1.807, 2.05) is 0 Å². The molecule has 104 valence electrons. The summed E-state index contributed by atoms with van der Waals surface area (Å²) in [5.74, 6) is 0.647. The number of Topliss-reactive ketones (excluding diaryl/α,β-unsaturated/α-hetero) is 1.